The highest BCUT2D eigenvalue weighted by Gasteiger charge is 2.51. The fourth-order valence-corrected chi connectivity index (χ4v) is 3.50. The minimum atomic E-state index is 0.0226. The van der Waals surface area contributed by atoms with Gasteiger partial charge in [0.25, 0.3) is 0 Å². The van der Waals surface area contributed by atoms with E-state index in [0.717, 1.165) is 30.5 Å². The molecule has 112 valence electrons. The van der Waals surface area contributed by atoms with Gasteiger partial charge in [-0.25, -0.2) is 0 Å². The zero-order valence-electron chi connectivity index (χ0n) is 13.6. The molecule has 21 heavy (non-hydrogen) atoms. The molecule has 1 aliphatic carbocycles. The highest BCUT2D eigenvalue weighted by atomic mass is 16.3. The van der Waals surface area contributed by atoms with Crippen molar-refractivity contribution in [3.05, 3.63) is 35.1 Å². The summed E-state index contributed by atoms with van der Waals surface area (Å²) in [5.74, 6) is 1.26. The summed E-state index contributed by atoms with van der Waals surface area (Å²) in [6.45, 7) is 11.0. The van der Waals surface area contributed by atoms with Crippen LogP contribution in [0.5, 0.6) is 0 Å². The first-order valence-corrected chi connectivity index (χ1v) is 7.83. The first kappa shape index (κ1) is 14.4. The molecule has 0 aliphatic heterocycles. The molecule has 1 aromatic carbocycles. The van der Waals surface area contributed by atoms with Crippen LogP contribution >= 0.6 is 0 Å². The maximum absolute atomic E-state index is 11.1. The average Bonchev–Trinajstić information content (AvgIpc) is 2.95. The predicted octanol–water partition coefficient (Wildman–Crippen LogP) is 4.77. The number of aldehydes is 1. The summed E-state index contributed by atoms with van der Waals surface area (Å²) >= 11 is 0. The van der Waals surface area contributed by atoms with E-state index in [1.165, 1.54) is 16.5 Å². The lowest BCUT2D eigenvalue weighted by Crippen LogP contribution is -2.13. The van der Waals surface area contributed by atoms with Gasteiger partial charge in [-0.3, -0.25) is 0 Å². The molecule has 1 unspecified atom stereocenters. The van der Waals surface area contributed by atoms with Gasteiger partial charge in [0.2, 0.25) is 0 Å². The number of carbonyl (C=O) groups is 1. The van der Waals surface area contributed by atoms with Gasteiger partial charge in [0, 0.05) is 28.7 Å². The Labute approximate surface area is 126 Å². The van der Waals surface area contributed by atoms with Crippen LogP contribution in [0, 0.1) is 5.92 Å². The molecule has 0 saturated heterocycles. The van der Waals surface area contributed by atoms with E-state index in [9.17, 15) is 4.79 Å². The lowest BCUT2D eigenvalue weighted by atomic mass is 9.83. The fraction of sp³-hybridized carbons (Fsp3) is 0.526. The second-order valence-corrected chi connectivity index (χ2v) is 7.58. The second-order valence-electron chi connectivity index (χ2n) is 7.58. The Bertz CT molecular complexity index is 702. The van der Waals surface area contributed by atoms with Gasteiger partial charge in [0.1, 0.15) is 17.6 Å². The van der Waals surface area contributed by atoms with E-state index in [0.29, 0.717) is 0 Å². The normalized spacial score (nSPS) is 25.3. The van der Waals surface area contributed by atoms with E-state index in [4.69, 9.17) is 4.42 Å². The molecular formula is C19H24O2. The average molecular weight is 284 g/mol. The van der Waals surface area contributed by atoms with E-state index < -0.39 is 0 Å². The third-order valence-corrected chi connectivity index (χ3v) is 4.96. The van der Waals surface area contributed by atoms with Crippen LogP contribution in [0.25, 0.3) is 11.0 Å². The van der Waals surface area contributed by atoms with Crippen LogP contribution in [-0.2, 0) is 22.0 Å². The Morgan fingerprint density at radius 3 is 2.62 bits per heavy atom. The molecule has 3 rings (SSSR count). The number of fused-ring (bicyclic) bond motifs is 1. The SMILES string of the molecule is CCc1oc2ccc([C@@]3(C)CC3C=O)cc2c1C(C)(C)C. The smallest absolute Gasteiger partial charge is 0.134 e. The van der Waals surface area contributed by atoms with Crippen molar-refractivity contribution >= 4 is 17.3 Å². The van der Waals surface area contributed by atoms with Crippen LogP contribution in [0.2, 0.25) is 0 Å². The molecular weight excluding hydrogens is 260 g/mol. The summed E-state index contributed by atoms with van der Waals surface area (Å²) in [5.41, 5.74) is 3.63. The molecule has 2 nitrogen and oxygen atoms in total. The molecule has 0 radical (unpaired) electrons. The maximum atomic E-state index is 11.1. The monoisotopic (exact) mass is 284 g/mol. The quantitative estimate of drug-likeness (QED) is 0.760. The molecule has 1 fully saturated rings. The minimum absolute atomic E-state index is 0.0226. The van der Waals surface area contributed by atoms with Crippen LogP contribution in [0.4, 0.5) is 0 Å². The molecule has 0 spiro atoms. The van der Waals surface area contributed by atoms with Crippen molar-refractivity contribution in [2.24, 2.45) is 5.92 Å². The van der Waals surface area contributed by atoms with Crippen LogP contribution < -0.4 is 0 Å². The zero-order valence-corrected chi connectivity index (χ0v) is 13.6. The highest BCUT2D eigenvalue weighted by molar-refractivity contribution is 5.85. The molecule has 1 heterocycles. The van der Waals surface area contributed by atoms with E-state index in [1.54, 1.807) is 0 Å². The highest BCUT2D eigenvalue weighted by Crippen LogP contribution is 2.53. The van der Waals surface area contributed by atoms with Gasteiger partial charge in [0.15, 0.2) is 0 Å². The van der Waals surface area contributed by atoms with Gasteiger partial charge >= 0.3 is 0 Å². The molecule has 2 atom stereocenters. The van der Waals surface area contributed by atoms with Gasteiger partial charge in [-0.15, -0.1) is 0 Å². The van der Waals surface area contributed by atoms with Gasteiger partial charge in [-0.05, 0) is 29.5 Å². The Balaban J connectivity index is 2.19. The zero-order chi connectivity index (χ0) is 15.4. The van der Waals surface area contributed by atoms with E-state index in [1.807, 2.05) is 0 Å². The summed E-state index contributed by atoms with van der Waals surface area (Å²) in [4.78, 5) is 11.1. The number of benzene rings is 1. The Morgan fingerprint density at radius 2 is 2.10 bits per heavy atom. The molecule has 0 N–H and O–H groups in total. The van der Waals surface area contributed by atoms with Gasteiger partial charge < -0.3 is 9.21 Å². The number of hydrogen-bond donors (Lipinski definition) is 0. The molecule has 0 bridgehead atoms. The second kappa shape index (κ2) is 4.46. The number of hydrogen-bond acceptors (Lipinski definition) is 2. The molecule has 2 aromatic rings. The molecule has 1 aliphatic rings. The third-order valence-electron chi connectivity index (χ3n) is 4.96. The van der Waals surface area contributed by atoms with Crippen LogP contribution in [0.15, 0.2) is 22.6 Å². The third kappa shape index (κ3) is 2.12. The first-order valence-electron chi connectivity index (χ1n) is 7.83. The minimum Gasteiger partial charge on any atom is -0.461 e. The Morgan fingerprint density at radius 1 is 1.38 bits per heavy atom. The summed E-state index contributed by atoms with van der Waals surface area (Å²) in [7, 11) is 0. The molecule has 1 saturated carbocycles. The van der Waals surface area contributed by atoms with Gasteiger partial charge in [-0.1, -0.05) is 40.7 Å². The van der Waals surface area contributed by atoms with E-state index in [2.05, 4.69) is 52.8 Å². The number of rotatable bonds is 3. The lowest BCUT2D eigenvalue weighted by molar-refractivity contribution is -0.109. The van der Waals surface area contributed by atoms with Gasteiger partial charge in [-0.2, -0.15) is 0 Å². The fourth-order valence-electron chi connectivity index (χ4n) is 3.50. The van der Waals surface area contributed by atoms with Crippen molar-refractivity contribution in [3.8, 4) is 0 Å². The van der Waals surface area contributed by atoms with Crippen molar-refractivity contribution in [1.29, 1.82) is 0 Å². The number of furan rings is 1. The molecule has 2 heteroatoms. The lowest BCUT2D eigenvalue weighted by Gasteiger charge is -2.19. The van der Waals surface area contributed by atoms with Crippen molar-refractivity contribution in [3.63, 3.8) is 0 Å². The van der Waals surface area contributed by atoms with Gasteiger partial charge in [0.05, 0.1) is 0 Å². The Hall–Kier alpha value is -1.57. The number of aryl methyl sites for hydroxylation is 1. The van der Waals surface area contributed by atoms with Crippen molar-refractivity contribution < 1.29 is 9.21 Å². The molecule has 0 amide bonds. The predicted molar refractivity (Wildman–Crippen MR) is 85.8 cm³/mol. The maximum Gasteiger partial charge on any atom is 0.134 e. The summed E-state index contributed by atoms with van der Waals surface area (Å²) in [6.07, 6.45) is 2.97. The van der Waals surface area contributed by atoms with Crippen molar-refractivity contribution in [2.75, 3.05) is 0 Å². The van der Waals surface area contributed by atoms with Crippen molar-refractivity contribution in [2.45, 2.75) is 58.3 Å². The molecule has 1 aromatic heterocycles. The summed E-state index contributed by atoms with van der Waals surface area (Å²) < 4.78 is 6.05. The van der Waals surface area contributed by atoms with Crippen molar-refractivity contribution in [1.82, 2.24) is 0 Å². The summed E-state index contributed by atoms with van der Waals surface area (Å²) in [6, 6.07) is 6.45. The summed E-state index contributed by atoms with van der Waals surface area (Å²) in [5, 5.41) is 1.22. The first-order chi connectivity index (χ1) is 9.81. The largest absolute Gasteiger partial charge is 0.461 e. The Kier molecular flexibility index (Phi) is 3.05. The standard InChI is InChI=1S/C19H24O2/c1-6-15-17(18(2,3)4)14-9-12(7-8-16(14)21-15)19(5)10-13(19)11-20/h7-9,11,13H,6,10H2,1-5H3/t13?,19-/m1/s1. The van der Waals surface area contributed by atoms with Crippen LogP contribution in [0.3, 0.4) is 0 Å². The topological polar surface area (TPSA) is 30.2 Å². The van der Waals surface area contributed by atoms with E-state index >= 15 is 0 Å². The van der Waals surface area contributed by atoms with Crippen LogP contribution in [0.1, 0.15) is 57.9 Å². The number of carbonyl (C=O) groups excluding carboxylic acids is 1. The van der Waals surface area contributed by atoms with E-state index in [-0.39, 0.29) is 16.7 Å². The van der Waals surface area contributed by atoms with Crippen LogP contribution in [-0.4, -0.2) is 6.29 Å².